The van der Waals surface area contributed by atoms with Crippen molar-refractivity contribution in [2.75, 3.05) is 26.4 Å². The Balaban J connectivity index is 1.96. The molecule has 3 heteroatoms. The number of ether oxygens (including phenoxy) is 1. The Kier molecular flexibility index (Phi) is 4.97. The molecule has 1 aromatic carbocycles. The van der Waals surface area contributed by atoms with Gasteiger partial charge >= 0.3 is 0 Å². The molecule has 19 heavy (non-hydrogen) atoms. The first-order valence-electron chi connectivity index (χ1n) is 7.16. The average Bonchev–Trinajstić information content (AvgIpc) is 2.41. The average molecular weight is 263 g/mol. The first-order valence-corrected chi connectivity index (χ1v) is 7.16. The number of hydrogen-bond acceptors (Lipinski definition) is 3. The molecule has 1 aliphatic rings. The Bertz CT molecular complexity index is 403. The van der Waals surface area contributed by atoms with Gasteiger partial charge in [0.05, 0.1) is 19.8 Å². The molecule has 0 aliphatic heterocycles. The minimum atomic E-state index is 0.0977. The van der Waals surface area contributed by atoms with Gasteiger partial charge in [0.2, 0.25) is 0 Å². The first-order chi connectivity index (χ1) is 9.15. The summed E-state index contributed by atoms with van der Waals surface area (Å²) in [5, 5.41) is 12.2. The van der Waals surface area contributed by atoms with Crippen LogP contribution in [0.3, 0.4) is 0 Å². The third-order valence-corrected chi connectivity index (χ3v) is 4.00. The van der Waals surface area contributed by atoms with E-state index in [9.17, 15) is 0 Å². The normalized spacial score (nSPS) is 21.1. The van der Waals surface area contributed by atoms with E-state index in [0.29, 0.717) is 19.3 Å². The zero-order chi connectivity index (χ0) is 13.7. The van der Waals surface area contributed by atoms with Gasteiger partial charge in [0, 0.05) is 12.6 Å². The summed E-state index contributed by atoms with van der Waals surface area (Å²) in [7, 11) is 0. The molecule has 0 saturated carbocycles. The molecular weight excluding hydrogens is 238 g/mol. The second kappa shape index (κ2) is 6.51. The number of aliphatic hydroxyl groups excluding tert-OH is 1. The van der Waals surface area contributed by atoms with Gasteiger partial charge in [0.1, 0.15) is 0 Å². The molecule has 0 bridgehead atoms. The highest BCUT2D eigenvalue weighted by Gasteiger charge is 2.31. The molecule has 0 spiro atoms. The monoisotopic (exact) mass is 263 g/mol. The van der Waals surface area contributed by atoms with Gasteiger partial charge in [-0.25, -0.2) is 0 Å². The van der Waals surface area contributed by atoms with Crippen molar-refractivity contribution in [3.05, 3.63) is 35.4 Å². The van der Waals surface area contributed by atoms with E-state index < -0.39 is 0 Å². The van der Waals surface area contributed by atoms with Gasteiger partial charge in [-0.05, 0) is 29.4 Å². The highest BCUT2D eigenvalue weighted by atomic mass is 16.5. The molecule has 0 amide bonds. The number of aliphatic hydroxyl groups is 1. The van der Waals surface area contributed by atoms with Gasteiger partial charge in [0.15, 0.2) is 0 Å². The van der Waals surface area contributed by atoms with Crippen LogP contribution in [0.15, 0.2) is 24.3 Å². The van der Waals surface area contributed by atoms with Crippen LogP contribution >= 0.6 is 0 Å². The molecule has 0 radical (unpaired) electrons. The van der Waals surface area contributed by atoms with E-state index in [1.54, 1.807) is 0 Å². The van der Waals surface area contributed by atoms with Crippen molar-refractivity contribution >= 4 is 0 Å². The van der Waals surface area contributed by atoms with Crippen LogP contribution in [0.4, 0.5) is 0 Å². The second-order valence-electron chi connectivity index (χ2n) is 5.85. The first kappa shape index (κ1) is 14.5. The molecule has 1 aromatic rings. The van der Waals surface area contributed by atoms with Gasteiger partial charge in [-0.15, -0.1) is 0 Å². The maximum atomic E-state index is 8.66. The Morgan fingerprint density at radius 1 is 1.32 bits per heavy atom. The minimum Gasteiger partial charge on any atom is -0.394 e. The predicted octanol–water partition coefficient (Wildman–Crippen LogP) is 2.40. The topological polar surface area (TPSA) is 41.5 Å². The zero-order valence-electron chi connectivity index (χ0n) is 12.0. The molecule has 0 fully saturated rings. The molecule has 106 valence electrons. The van der Waals surface area contributed by atoms with Crippen molar-refractivity contribution in [2.24, 2.45) is 0 Å². The lowest BCUT2D eigenvalue weighted by Gasteiger charge is -2.37. The summed E-state index contributed by atoms with van der Waals surface area (Å²) in [6, 6.07) is 9.18. The molecule has 1 unspecified atom stereocenters. The maximum absolute atomic E-state index is 8.66. The van der Waals surface area contributed by atoms with Gasteiger partial charge in [-0.2, -0.15) is 0 Å². The number of benzene rings is 1. The van der Waals surface area contributed by atoms with Gasteiger partial charge in [-0.1, -0.05) is 38.1 Å². The van der Waals surface area contributed by atoms with Crippen molar-refractivity contribution in [1.29, 1.82) is 0 Å². The van der Waals surface area contributed by atoms with Crippen LogP contribution in [0.25, 0.3) is 0 Å². The standard InChI is InChI=1S/C16H25NO2/c1-16(2)8-7-15(17-9-11-19-12-10-18)13-5-3-4-6-14(13)16/h3-6,15,17-18H,7-12H2,1-2H3. The lowest BCUT2D eigenvalue weighted by atomic mass is 9.71. The molecule has 2 rings (SSSR count). The van der Waals surface area contributed by atoms with Crippen molar-refractivity contribution in [2.45, 2.75) is 38.1 Å². The van der Waals surface area contributed by atoms with Gasteiger partial charge < -0.3 is 15.2 Å². The molecule has 0 aromatic heterocycles. The van der Waals surface area contributed by atoms with Crippen LogP contribution in [0.5, 0.6) is 0 Å². The largest absolute Gasteiger partial charge is 0.394 e. The fourth-order valence-corrected chi connectivity index (χ4v) is 2.90. The highest BCUT2D eigenvalue weighted by Crippen LogP contribution is 2.41. The molecule has 2 N–H and O–H groups in total. The maximum Gasteiger partial charge on any atom is 0.0698 e. The van der Waals surface area contributed by atoms with E-state index in [1.165, 1.54) is 24.0 Å². The van der Waals surface area contributed by atoms with E-state index in [0.717, 1.165) is 6.54 Å². The Morgan fingerprint density at radius 3 is 2.89 bits per heavy atom. The predicted molar refractivity (Wildman–Crippen MR) is 77.4 cm³/mol. The highest BCUT2D eigenvalue weighted by molar-refractivity contribution is 5.38. The SMILES string of the molecule is CC1(C)CCC(NCCOCCO)c2ccccc21. The molecule has 0 heterocycles. The van der Waals surface area contributed by atoms with Crippen LogP contribution in [-0.4, -0.2) is 31.5 Å². The van der Waals surface area contributed by atoms with Crippen molar-refractivity contribution < 1.29 is 9.84 Å². The fraction of sp³-hybridized carbons (Fsp3) is 0.625. The number of nitrogens with one attached hydrogen (secondary N) is 1. The van der Waals surface area contributed by atoms with Crippen molar-refractivity contribution in [3.8, 4) is 0 Å². The minimum absolute atomic E-state index is 0.0977. The van der Waals surface area contributed by atoms with Gasteiger partial charge in [-0.3, -0.25) is 0 Å². The van der Waals surface area contributed by atoms with E-state index in [4.69, 9.17) is 9.84 Å². The summed E-state index contributed by atoms with van der Waals surface area (Å²) in [6.45, 7) is 6.66. The Morgan fingerprint density at radius 2 is 2.11 bits per heavy atom. The van der Waals surface area contributed by atoms with E-state index in [2.05, 4.69) is 43.4 Å². The molecule has 0 saturated heterocycles. The molecular formula is C16H25NO2. The number of fused-ring (bicyclic) bond motifs is 1. The summed E-state index contributed by atoms with van der Waals surface area (Å²) in [4.78, 5) is 0. The third kappa shape index (κ3) is 3.56. The van der Waals surface area contributed by atoms with Crippen LogP contribution in [0.2, 0.25) is 0 Å². The smallest absolute Gasteiger partial charge is 0.0698 e. The lowest BCUT2D eigenvalue weighted by Crippen LogP contribution is -2.34. The number of rotatable bonds is 6. The third-order valence-electron chi connectivity index (χ3n) is 4.00. The molecule has 1 aliphatic carbocycles. The quantitative estimate of drug-likeness (QED) is 0.774. The lowest BCUT2D eigenvalue weighted by molar-refractivity contribution is 0.0920. The fourth-order valence-electron chi connectivity index (χ4n) is 2.90. The van der Waals surface area contributed by atoms with Crippen LogP contribution in [-0.2, 0) is 10.2 Å². The summed E-state index contributed by atoms with van der Waals surface area (Å²) in [6.07, 6.45) is 2.38. The van der Waals surface area contributed by atoms with Crippen molar-refractivity contribution in [3.63, 3.8) is 0 Å². The second-order valence-corrected chi connectivity index (χ2v) is 5.85. The van der Waals surface area contributed by atoms with Gasteiger partial charge in [0.25, 0.3) is 0 Å². The van der Waals surface area contributed by atoms with E-state index >= 15 is 0 Å². The zero-order valence-corrected chi connectivity index (χ0v) is 12.0. The van der Waals surface area contributed by atoms with Crippen LogP contribution in [0.1, 0.15) is 43.9 Å². The summed E-state index contributed by atoms with van der Waals surface area (Å²) in [5.74, 6) is 0. The van der Waals surface area contributed by atoms with Crippen LogP contribution < -0.4 is 5.32 Å². The van der Waals surface area contributed by atoms with E-state index in [1.807, 2.05) is 0 Å². The Labute approximate surface area is 116 Å². The molecule has 3 nitrogen and oxygen atoms in total. The number of hydrogen-bond donors (Lipinski definition) is 2. The van der Waals surface area contributed by atoms with Crippen LogP contribution in [0, 0.1) is 0 Å². The summed E-state index contributed by atoms with van der Waals surface area (Å²) < 4.78 is 5.29. The Hall–Kier alpha value is -0.900. The van der Waals surface area contributed by atoms with E-state index in [-0.39, 0.29) is 12.0 Å². The summed E-state index contributed by atoms with van der Waals surface area (Å²) >= 11 is 0. The van der Waals surface area contributed by atoms with Crippen molar-refractivity contribution in [1.82, 2.24) is 5.32 Å². The molecule has 1 atom stereocenters. The summed E-state index contributed by atoms with van der Waals surface area (Å²) in [5.41, 5.74) is 3.18.